The van der Waals surface area contributed by atoms with Crippen LogP contribution >= 0.6 is 15.9 Å². The van der Waals surface area contributed by atoms with Gasteiger partial charge in [0.05, 0.1) is 0 Å². The summed E-state index contributed by atoms with van der Waals surface area (Å²) >= 11 is 3.35. The van der Waals surface area contributed by atoms with Crippen molar-refractivity contribution < 1.29 is 9.59 Å². The van der Waals surface area contributed by atoms with Crippen LogP contribution in [0, 0.1) is 0 Å². The molecule has 2 rings (SSSR count). The van der Waals surface area contributed by atoms with Crippen molar-refractivity contribution in [3.63, 3.8) is 0 Å². The molecule has 0 aromatic heterocycles. The minimum absolute atomic E-state index is 0.334. The molecule has 0 radical (unpaired) electrons. The molecule has 0 saturated heterocycles. The highest BCUT2D eigenvalue weighted by Crippen LogP contribution is 2.27. The van der Waals surface area contributed by atoms with Gasteiger partial charge in [0.2, 0.25) is 5.91 Å². The highest BCUT2D eigenvalue weighted by Gasteiger charge is 2.34. The normalized spacial score (nSPS) is 19.1. The second kappa shape index (κ2) is 6.08. The fourth-order valence-corrected chi connectivity index (χ4v) is 2.44. The van der Waals surface area contributed by atoms with Gasteiger partial charge in [-0.3, -0.25) is 9.59 Å². The average molecular weight is 324 g/mol. The van der Waals surface area contributed by atoms with Gasteiger partial charge in [0.25, 0.3) is 5.91 Å². The number of carbonyl (C=O) groups excluding carboxylic acids is 2. The van der Waals surface area contributed by atoms with Crippen molar-refractivity contribution in [2.45, 2.75) is 18.8 Å². The highest BCUT2D eigenvalue weighted by atomic mass is 79.9. The molecule has 5 nitrogen and oxygen atoms in total. The summed E-state index contributed by atoms with van der Waals surface area (Å²) in [5, 5.41) is 2.67. The molecule has 1 aromatic rings. The summed E-state index contributed by atoms with van der Waals surface area (Å²) in [6.45, 7) is 0.497. The Hall–Kier alpha value is -1.53. The first kappa shape index (κ1) is 13.9. The number of hydrogen-bond donors (Lipinski definition) is 2. The number of carbonyl (C=O) groups is 2. The lowest BCUT2D eigenvalue weighted by Crippen LogP contribution is -2.42. The van der Waals surface area contributed by atoms with E-state index in [9.17, 15) is 9.59 Å². The molecule has 0 aliphatic carbocycles. The molecule has 100 valence electrons. The Balaban J connectivity index is 2.25. The summed E-state index contributed by atoms with van der Waals surface area (Å²) in [7, 11) is 0. The standard InChI is InChI=1S/C13H14BrN3O2/c14-9-5-2-1-4-8(9)11-12(18)16-10(6-3-7-15)17-13(11)19/h1-2,4-5,11H,3,6-7,15H2,(H,16,17,18,19). The topological polar surface area (TPSA) is 84.5 Å². The first-order chi connectivity index (χ1) is 9.13. The molecule has 0 fully saturated rings. The number of rotatable bonds is 4. The van der Waals surface area contributed by atoms with Gasteiger partial charge in [-0.15, -0.1) is 0 Å². The van der Waals surface area contributed by atoms with Gasteiger partial charge in [0.1, 0.15) is 11.8 Å². The van der Waals surface area contributed by atoms with Gasteiger partial charge in [-0.1, -0.05) is 34.1 Å². The Kier molecular flexibility index (Phi) is 4.44. The SMILES string of the molecule is NCCCC1=NC(=O)C(c2ccccc2Br)C(=O)N1. The van der Waals surface area contributed by atoms with E-state index < -0.39 is 11.8 Å². The minimum atomic E-state index is -0.878. The molecule has 1 unspecified atom stereocenters. The van der Waals surface area contributed by atoms with Crippen LogP contribution in [0.25, 0.3) is 0 Å². The minimum Gasteiger partial charge on any atom is -0.330 e. The van der Waals surface area contributed by atoms with Crippen LogP contribution < -0.4 is 11.1 Å². The smallest absolute Gasteiger partial charge is 0.264 e. The second-order valence-corrected chi connectivity index (χ2v) is 5.09. The Morgan fingerprint density at radius 2 is 2.05 bits per heavy atom. The maximum Gasteiger partial charge on any atom is 0.264 e. The maximum atomic E-state index is 12.1. The average Bonchev–Trinajstić information content (AvgIpc) is 2.38. The molecule has 1 heterocycles. The van der Waals surface area contributed by atoms with E-state index in [2.05, 4.69) is 26.2 Å². The van der Waals surface area contributed by atoms with Gasteiger partial charge < -0.3 is 11.1 Å². The molecule has 19 heavy (non-hydrogen) atoms. The van der Waals surface area contributed by atoms with Crippen LogP contribution in [0.3, 0.4) is 0 Å². The van der Waals surface area contributed by atoms with Gasteiger partial charge in [-0.05, 0) is 24.6 Å². The van der Waals surface area contributed by atoms with Gasteiger partial charge in [-0.25, -0.2) is 0 Å². The third kappa shape index (κ3) is 3.08. The summed E-state index contributed by atoms with van der Waals surface area (Å²) in [6, 6.07) is 7.15. The fraction of sp³-hybridized carbons (Fsp3) is 0.308. The first-order valence-electron chi connectivity index (χ1n) is 6.00. The number of amidine groups is 1. The number of nitrogens with two attached hydrogens (primary N) is 1. The predicted molar refractivity (Wildman–Crippen MR) is 75.8 cm³/mol. The van der Waals surface area contributed by atoms with Crippen molar-refractivity contribution in [3.05, 3.63) is 34.3 Å². The summed E-state index contributed by atoms with van der Waals surface area (Å²) in [5.41, 5.74) is 6.03. The molecular weight excluding hydrogens is 310 g/mol. The monoisotopic (exact) mass is 323 g/mol. The van der Waals surface area contributed by atoms with E-state index in [0.29, 0.717) is 30.8 Å². The molecule has 1 aromatic carbocycles. The summed E-state index contributed by atoms with van der Waals surface area (Å²) < 4.78 is 0.726. The Morgan fingerprint density at radius 1 is 1.32 bits per heavy atom. The third-order valence-corrected chi connectivity index (χ3v) is 3.58. The van der Waals surface area contributed by atoms with Crippen LogP contribution in [0.1, 0.15) is 24.3 Å². The fourth-order valence-electron chi connectivity index (χ4n) is 1.92. The van der Waals surface area contributed by atoms with Gasteiger partial charge in [-0.2, -0.15) is 4.99 Å². The number of amides is 2. The van der Waals surface area contributed by atoms with E-state index in [4.69, 9.17) is 5.73 Å². The number of nitrogens with zero attached hydrogens (tertiary/aromatic N) is 1. The zero-order chi connectivity index (χ0) is 13.8. The van der Waals surface area contributed by atoms with E-state index in [0.717, 1.165) is 4.47 Å². The predicted octanol–water partition coefficient (Wildman–Crippen LogP) is 1.33. The zero-order valence-electron chi connectivity index (χ0n) is 10.2. The third-order valence-electron chi connectivity index (χ3n) is 2.86. The number of hydrogen-bond acceptors (Lipinski definition) is 3. The lowest BCUT2D eigenvalue weighted by Gasteiger charge is -2.21. The Bertz CT molecular complexity index is 542. The van der Waals surface area contributed by atoms with E-state index in [-0.39, 0.29) is 5.91 Å². The van der Waals surface area contributed by atoms with E-state index in [1.54, 1.807) is 18.2 Å². The van der Waals surface area contributed by atoms with Crippen LogP contribution in [-0.4, -0.2) is 24.2 Å². The maximum absolute atomic E-state index is 12.1. The molecule has 3 N–H and O–H groups in total. The first-order valence-corrected chi connectivity index (χ1v) is 6.79. The quantitative estimate of drug-likeness (QED) is 0.820. The van der Waals surface area contributed by atoms with Gasteiger partial charge >= 0.3 is 0 Å². The molecule has 1 aliphatic rings. The van der Waals surface area contributed by atoms with Gasteiger partial charge in [0.15, 0.2) is 0 Å². The van der Waals surface area contributed by atoms with Crippen LogP contribution in [0.15, 0.2) is 33.7 Å². The van der Waals surface area contributed by atoms with Crippen molar-refractivity contribution in [3.8, 4) is 0 Å². The van der Waals surface area contributed by atoms with Crippen molar-refractivity contribution in [1.82, 2.24) is 5.32 Å². The second-order valence-electron chi connectivity index (χ2n) is 4.23. The zero-order valence-corrected chi connectivity index (χ0v) is 11.8. The van der Waals surface area contributed by atoms with Crippen molar-refractivity contribution >= 4 is 33.6 Å². The summed E-state index contributed by atoms with van der Waals surface area (Å²) in [6.07, 6.45) is 1.20. The molecule has 1 atom stereocenters. The summed E-state index contributed by atoms with van der Waals surface area (Å²) in [4.78, 5) is 28.0. The lowest BCUT2D eigenvalue weighted by molar-refractivity contribution is -0.129. The summed E-state index contributed by atoms with van der Waals surface area (Å²) in [5.74, 6) is -1.23. The van der Waals surface area contributed by atoms with E-state index in [1.807, 2.05) is 6.07 Å². The van der Waals surface area contributed by atoms with Crippen LogP contribution in [0.5, 0.6) is 0 Å². The van der Waals surface area contributed by atoms with Crippen LogP contribution in [-0.2, 0) is 9.59 Å². The number of halogens is 1. The lowest BCUT2D eigenvalue weighted by atomic mass is 9.96. The van der Waals surface area contributed by atoms with Crippen LogP contribution in [0.2, 0.25) is 0 Å². The number of nitrogens with one attached hydrogen (secondary N) is 1. The Morgan fingerprint density at radius 3 is 2.68 bits per heavy atom. The van der Waals surface area contributed by atoms with Crippen molar-refractivity contribution in [2.24, 2.45) is 10.7 Å². The Labute approximate surface area is 119 Å². The molecule has 6 heteroatoms. The molecule has 0 bridgehead atoms. The molecular formula is C13H14BrN3O2. The highest BCUT2D eigenvalue weighted by molar-refractivity contribution is 9.10. The largest absolute Gasteiger partial charge is 0.330 e. The van der Waals surface area contributed by atoms with Crippen molar-refractivity contribution in [1.29, 1.82) is 0 Å². The van der Waals surface area contributed by atoms with Crippen LogP contribution in [0.4, 0.5) is 0 Å². The van der Waals surface area contributed by atoms with Gasteiger partial charge in [0, 0.05) is 10.9 Å². The number of benzene rings is 1. The van der Waals surface area contributed by atoms with Crippen molar-refractivity contribution in [2.75, 3.05) is 6.54 Å². The number of aliphatic imine (C=N–C) groups is 1. The molecule has 0 spiro atoms. The van der Waals surface area contributed by atoms with E-state index in [1.165, 1.54) is 0 Å². The molecule has 1 aliphatic heterocycles. The van der Waals surface area contributed by atoms with E-state index >= 15 is 0 Å². The molecule has 2 amide bonds. The molecule has 0 saturated carbocycles.